The second-order valence-corrected chi connectivity index (χ2v) is 8.78. The molecular formula is C23H24ClN3O3S. The number of aryl methyl sites for hydroxylation is 1. The third-order valence-electron chi connectivity index (χ3n) is 5.18. The van der Waals surface area contributed by atoms with Gasteiger partial charge in [-0.3, -0.25) is 9.69 Å². The Kier molecular flexibility index (Phi) is 6.87. The van der Waals surface area contributed by atoms with Crippen molar-refractivity contribution in [2.24, 2.45) is 0 Å². The number of methoxy groups -OCH3 is 1. The third kappa shape index (κ3) is 5.25. The Hall–Kier alpha value is -2.45. The number of thiazole rings is 1. The van der Waals surface area contributed by atoms with Gasteiger partial charge in [-0.25, -0.2) is 4.98 Å². The topological polar surface area (TPSA) is 63.7 Å². The lowest BCUT2D eigenvalue weighted by Crippen LogP contribution is -2.36. The average Bonchev–Trinajstić information content (AvgIpc) is 3.20. The molecule has 162 valence electrons. The molecule has 1 aromatic heterocycles. The highest BCUT2D eigenvalue weighted by Gasteiger charge is 2.18. The average molecular weight is 458 g/mol. The van der Waals surface area contributed by atoms with Crippen molar-refractivity contribution >= 4 is 34.5 Å². The number of carbonyl (C=O) groups is 1. The minimum absolute atomic E-state index is 0.181. The Morgan fingerprint density at radius 3 is 2.74 bits per heavy atom. The molecule has 0 radical (unpaired) electrons. The largest absolute Gasteiger partial charge is 0.497 e. The van der Waals surface area contributed by atoms with E-state index in [-0.39, 0.29) is 5.91 Å². The van der Waals surface area contributed by atoms with Gasteiger partial charge in [-0.1, -0.05) is 11.6 Å². The van der Waals surface area contributed by atoms with E-state index in [1.165, 1.54) is 0 Å². The first-order valence-corrected chi connectivity index (χ1v) is 11.3. The minimum Gasteiger partial charge on any atom is -0.497 e. The maximum absolute atomic E-state index is 13.1. The first kappa shape index (κ1) is 21.8. The number of hydrogen-bond acceptors (Lipinski definition) is 6. The summed E-state index contributed by atoms with van der Waals surface area (Å²) in [5.41, 5.74) is 3.86. The van der Waals surface area contributed by atoms with Crippen LogP contribution in [0.4, 0.5) is 5.69 Å². The van der Waals surface area contributed by atoms with Crippen molar-refractivity contribution in [3.05, 3.63) is 62.9 Å². The van der Waals surface area contributed by atoms with Crippen molar-refractivity contribution in [3.63, 3.8) is 0 Å². The summed E-state index contributed by atoms with van der Waals surface area (Å²) in [5, 5.41) is 6.48. The highest BCUT2D eigenvalue weighted by molar-refractivity contribution is 7.09. The molecule has 4 rings (SSSR count). The summed E-state index contributed by atoms with van der Waals surface area (Å²) in [4.78, 5) is 19.9. The van der Waals surface area contributed by atoms with Gasteiger partial charge in [0.2, 0.25) is 0 Å². The molecule has 3 aromatic rings. The Morgan fingerprint density at radius 1 is 1.26 bits per heavy atom. The summed E-state index contributed by atoms with van der Waals surface area (Å²) >= 11 is 8.06. The number of benzene rings is 2. The van der Waals surface area contributed by atoms with Crippen LogP contribution in [0.3, 0.4) is 0 Å². The van der Waals surface area contributed by atoms with Gasteiger partial charge < -0.3 is 14.8 Å². The summed E-state index contributed by atoms with van der Waals surface area (Å²) in [5.74, 6) is 0.546. The van der Waals surface area contributed by atoms with Crippen molar-refractivity contribution in [1.29, 1.82) is 0 Å². The molecular weight excluding hydrogens is 434 g/mol. The van der Waals surface area contributed by atoms with E-state index in [0.29, 0.717) is 36.0 Å². The first-order valence-electron chi connectivity index (χ1n) is 10.0. The number of amides is 1. The van der Waals surface area contributed by atoms with E-state index in [2.05, 4.69) is 15.2 Å². The van der Waals surface area contributed by atoms with Crippen LogP contribution in [0.1, 0.15) is 20.9 Å². The zero-order valence-corrected chi connectivity index (χ0v) is 19.1. The quantitative estimate of drug-likeness (QED) is 0.572. The fraction of sp³-hybridized carbons (Fsp3) is 0.304. The number of rotatable bonds is 6. The molecule has 1 aliphatic heterocycles. The second-order valence-electron chi connectivity index (χ2n) is 7.31. The zero-order chi connectivity index (χ0) is 21.8. The second kappa shape index (κ2) is 9.78. The van der Waals surface area contributed by atoms with Crippen LogP contribution in [0.15, 0.2) is 41.8 Å². The van der Waals surface area contributed by atoms with Gasteiger partial charge in [0, 0.05) is 41.8 Å². The van der Waals surface area contributed by atoms with Crippen LogP contribution in [0.25, 0.3) is 11.3 Å². The number of ether oxygens (including phenoxy) is 2. The van der Waals surface area contributed by atoms with Gasteiger partial charge in [0.1, 0.15) is 5.75 Å². The van der Waals surface area contributed by atoms with Crippen LogP contribution in [0, 0.1) is 6.92 Å². The van der Waals surface area contributed by atoms with E-state index in [1.54, 1.807) is 36.6 Å². The summed E-state index contributed by atoms with van der Waals surface area (Å²) in [6.07, 6.45) is 0. The van der Waals surface area contributed by atoms with Crippen LogP contribution in [-0.4, -0.2) is 49.2 Å². The number of carbonyl (C=O) groups excluding carboxylic acids is 1. The van der Waals surface area contributed by atoms with Crippen LogP contribution < -0.4 is 10.1 Å². The van der Waals surface area contributed by atoms with Gasteiger partial charge in [-0.2, -0.15) is 0 Å². The Labute approximate surface area is 190 Å². The number of nitrogens with one attached hydrogen (secondary N) is 1. The fourth-order valence-corrected chi connectivity index (χ4v) is 4.43. The van der Waals surface area contributed by atoms with Crippen LogP contribution in [-0.2, 0) is 11.3 Å². The van der Waals surface area contributed by atoms with Crippen LogP contribution in [0.2, 0.25) is 5.02 Å². The van der Waals surface area contributed by atoms with Crippen LogP contribution >= 0.6 is 22.9 Å². The summed E-state index contributed by atoms with van der Waals surface area (Å²) < 4.78 is 10.8. The monoisotopic (exact) mass is 457 g/mol. The number of nitrogens with zero attached hydrogens (tertiary/aromatic N) is 2. The van der Waals surface area contributed by atoms with Crippen molar-refractivity contribution < 1.29 is 14.3 Å². The normalized spacial score (nSPS) is 14.4. The molecule has 6 nitrogen and oxygen atoms in total. The maximum atomic E-state index is 13.1. The van der Waals surface area contributed by atoms with Crippen molar-refractivity contribution in [2.45, 2.75) is 13.5 Å². The number of hydrogen-bond donors (Lipinski definition) is 1. The van der Waals surface area contributed by atoms with Gasteiger partial charge >= 0.3 is 0 Å². The lowest BCUT2D eigenvalue weighted by molar-refractivity contribution is 0.0341. The molecule has 0 saturated carbocycles. The zero-order valence-electron chi connectivity index (χ0n) is 17.5. The van der Waals surface area contributed by atoms with Crippen molar-refractivity contribution in [3.8, 4) is 17.0 Å². The molecule has 1 aliphatic rings. The standard InChI is InChI=1S/C23H24ClN3O3S/c1-15-25-22(14-31-15)20-5-3-17(12-21(20)24)26-23(28)19-6-4-18(29-2)11-16(19)13-27-7-9-30-10-8-27/h3-6,11-12,14H,7-10,13H2,1-2H3,(H,26,28). The molecule has 0 aliphatic carbocycles. The van der Waals surface area contributed by atoms with Gasteiger partial charge in [0.15, 0.2) is 0 Å². The molecule has 2 heterocycles. The number of aromatic nitrogens is 1. The Morgan fingerprint density at radius 2 is 2.06 bits per heavy atom. The van der Waals surface area contributed by atoms with Gasteiger partial charge in [0.05, 0.1) is 36.0 Å². The van der Waals surface area contributed by atoms with Crippen LogP contribution in [0.5, 0.6) is 5.75 Å². The molecule has 2 aromatic carbocycles. The fourth-order valence-electron chi connectivity index (χ4n) is 3.54. The summed E-state index contributed by atoms with van der Waals surface area (Å²) in [7, 11) is 1.63. The molecule has 0 spiro atoms. The molecule has 31 heavy (non-hydrogen) atoms. The first-order chi connectivity index (χ1) is 15.0. The van der Waals surface area contributed by atoms with E-state index in [0.717, 1.165) is 40.7 Å². The molecule has 8 heteroatoms. The minimum atomic E-state index is -0.181. The molecule has 1 fully saturated rings. The predicted octanol–water partition coefficient (Wildman–Crippen LogP) is 4.87. The van der Waals surface area contributed by atoms with Gasteiger partial charge in [0.25, 0.3) is 5.91 Å². The van der Waals surface area contributed by atoms with E-state index in [4.69, 9.17) is 21.1 Å². The highest BCUT2D eigenvalue weighted by Crippen LogP contribution is 2.31. The summed E-state index contributed by atoms with van der Waals surface area (Å²) in [6.45, 7) is 5.70. The van der Waals surface area contributed by atoms with Crippen molar-refractivity contribution in [2.75, 3.05) is 38.7 Å². The lowest BCUT2D eigenvalue weighted by atomic mass is 10.0. The molecule has 1 N–H and O–H groups in total. The smallest absolute Gasteiger partial charge is 0.255 e. The molecule has 0 unspecified atom stereocenters. The third-order valence-corrected chi connectivity index (χ3v) is 6.26. The summed E-state index contributed by atoms with van der Waals surface area (Å²) in [6, 6.07) is 11.0. The maximum Gasteiger partial charge on any atom is 0.255 e. The van der Waals surface area contributed by atoms with Gasteiger partial charge in [-0.15, -0.1) is 11.3 Å². The lowest BCUT2D eigenvalue weighted by Gasteiger charge is -2.27. The van der Waals surface area contributed by atoms with Crippen molar-refractivity contribution in [1.82, 2.24) is 9.88 Å². The van der Waals surface area contributed by atoms with E-state index < -0.39 is 0 Å². The molecule has 1 saturated heterocycles. The molecule has 0 bridgehead atoms. The Bertz CT molecular complexity index is 1080. The molecule has 1 amide bonds. The highest BCUT2D eigenvalue weighted by atomic mass is 35.5. The van der Waals surface area contributed by atoms with Gasteiger partial charge in [-0.05, 0) is 48.9 Å². The number of halogens is 1. The SMILES string of the molecule is COc1ccc(C(=O)Nc2ccc(-c3csc(C)n3)c(Cl)c2)c(CN2CCOCC2)c1. The predicted molar refractivity (Wildman–Crippen MR) is 124 cm³/mol. The van der Waals surface area contributed by atoms with E-state index >= 15 is 0 Å². The molecule has 0 atom stereocenters. The number of anilines is 1. The van der Waals surface area contributed by atoms with E-state index in [9.17, 15) is 4.79 Å². The van der Waals surface area contributed by atoms with E-state index in [1.807, 2.05) is 30.5 Å². The Balaban J connectivity index is 1.54. The number of morpholine rings is 1.